The third kappa shape index (κ3) is 2.58. The molecule has 2 rings (SSSR count). The molecule has 0 bridgehead atoms. The summed E-state index contributed by atoms with van der Waals surface area (Å²) in [6.07, 6.45) is 1.87. The van der Waals surface area contributed by atoms with Crippen LogP contribution in [0.15, 0.2) is 42.1 Å². The van der Waals surface area contributed by atoms with Gasteiger partial charge in [-0.2, -0.15) is 0 Å². The topological polar surface area (TPSA) is 30.7 Å². The summed E-state index contributed by atoms with van der Waals surface area (Å²) < 4.78 is 2.01. The van der Waals surface area contributed by atoms with Crippen LogP contribution in [0.4, 0.5) is 0 Å². The maximum Gasteiger partial charge on any atom is 0.191 e. The lowest BCUT2D eigenvalue weighted by Crippen LogP contribution is -1.94. The van der Waals surface area contributed by atoms with Crippen molar-refractivity contribution in [2.45, 2.75) is 12.1 Å². The minimum Gasteiger partial charge on any atom is -0.305 e. The molecule has 0 unspecified atom stereocenters. The van der Waals surface area contributed by atoms with Gasteiger partial charge in [-0.15, -0.1) is 16.8 Å². The van der Waals surface area contributed by atoms with Crippen LogP contribution < -0.4 is 0 Å². The molecule has 1 heterocycles. The second-order valence-electron chi connectivity index (χ2n) is 3.83. The largest absolute Gasteiger partial charge is 0.305 e. The van der Waals surface area contributed by atoms with E-state index in [4.69, 9.17) is 0 Å². The number of hydrogen-bond acceptors (Lipinski definition) is 3. The zero-order valence-electron chi connectivity index (χ0n) is 10.1. The quantitative estimate of drug-likeness (QED) is 0.612. The summed E-state index contributed by atoms with van der Waals surface area (Å²) in [7, 11) is 1.99. The van der Waals surface area contributed by atoms with Crippen LogP contribution in [0.3, 0.4) is 0 Å². The van der Waals surface area contributed by atoms with Gasteiger partial charge in [0, 0.05) is 18.4 Å². The first-order valence-corrected chi connectivity index (χ1v) is 6.41. The first kappa shape index (κ1) is 11.9. The van der Waals surface area contributed by atoms with Gasteiger partial charge in [0.15, 0.2) is 11.0 Å². The highest BCUT2D eigenvalue weighted by molar-refractivity contribution is 7.99. The number of benzene rings is 1. The molecule has 4 heteroatoms. The minimum atomic E-state index is 0.847. The second-order valence-corrected chi connectivity index (χ2v) is 4.82. The van der Waals surface area contributed by atoms with Crippen molar-refractivity contribution in [2.75, 3.05) is 5.75 Å². The van der Waals surface area contributed by atoms with E-state index in [2.05, 4.69) is 48.0 Å². The maximum atomic E-state index is 4.23. The third-order valence-electron chi connectivity index (χ3n) is 2.47. The number of aryl methyl sites for hydroxylation is 1. The molecule has 2 aromatic rings. The number of aromatic nitrogens is 3. The lowest BCUT2D eigenvalue weighted by molar-refractivity contribution is 0.795. The molecule has 1 aromatic carbocycles. The molecule has 0 radical (unpaired) electrons. The fourth-order valence-electron chi connectivity index (χ4n) is 1.53. The molecule has 0 saturated heterocycles. The summed E-state index contributed by atoms with van der Waals surface area (Å²) >= 11 is 1.64. The van der Waals surface area contributed by atoms with E-state index in [1.54, 1.807) is 11.8 Å². The Balaban J connectivity index is 2.30. The van der Waals surface area contributed by atoms with Gasteiger partial charge in [0.25, 0.3) is 0 Å². The van der Waals surface area contributed by atoms with E-state index in [0.717, 1.165) is 22.3 Å². The molecular weight excluding hydrogens is 230 g/mol. The Bertz CT molecular complexity index is 514. The number of hydrogen-bond donors (Lipinski definition) is 0. The Labute approximate surface area is 106 Å². The third-order valence-corrected chi connectivity index (χ3v) is 3.49. The Morgan fingerprint density at radius 1 is 1.29 bits per heavy atom. The molecule has 3 nitrogen and oxygen atoms in total. The van der Waals surface area contributed by atoms with Gasteiger partial charge in [-0.05, 0) is 6.92 Å². The van der Waals surface area contributed by atoms with Crippen LogP contribution in [0.5, 0.6) is 0 Å². The standard InChI is InChI=1S/C13H15N3S/c1-4-9-17-13-15-14-12(16(13)3)11-7-5-10(2)6-8-11/h4-8H,1,9H2,2-3H3. The summed E-state index contributed by atoms with van der Waals surface area (Å²) in [6, 6.07) is 8.31. The molecule has 0 amide bonds. The highest BCUT2D eigenvalue weighted by Crippen LogP contribution is 2.22. The molecule has 17 heavy (non-hydrogen) atoms. The lowest BCUT2D eigenvalue weighted by Gasteiger charge is -2.03. The predicted octanol–water partition coefficient (Wildman–Crippen LogP) is 3.07. The highest BCUT2D eigenvalue weighted by atomic mass is 32.2. The van der Waals surface area contributed by atoms with Crippen LogP contribution in [-0.2, 0) is 7.05 Å². The number of rotatable bonds is 4. The van der Waals surface area contributed by atoms with Gasteiger partial charge in [-0.25, -0.2) is 0 Å². The van der Waals surface area contributed by atoms with E-state index < -0.39 is 0 Å². The van der Waals surface area contributed by atoms with Crippen LogP contribution in [0.1, 0.15) is 5.56 Å². The van der Waals surface area contributed by atoms with Gasteiger partial charge in [-0.1, -0.05) is 47.7 Å². The van der Waals surface area contributed by atoms with Crippen LogP contribution in [0.2, 0.25) is 0 Å². The average molecular weight is 245 g/mol. The summed E-state index contributed by atoms with van der Waals surface area (Å²) in [5.74, 6) is 1.75. The van der Waals surface area contributed by atoms with Crippen LogP contribution in [-0.4, -0.2) is 20.5 Å². The van der Waals surface area contributed by atoms with Crippen molar-refractivity contribution in [1.82, 2.24) is 14.8 Å². The van der Waals surface area contributed by atoms with E-state index in [0.29, 0.717) is 0 Å². The number of thioether (sulfide) groups is 1. The van der Waals surface area contributed by atoms with Gasteiger partial charge < -0.3 is 4.57 Å². The molecule has 88 valence electrons. The van der Waals surface area contributed by atoms with Crippen molar-refractivity contribution in [1.29, 1.82) is 0 Å². The Morgan fingerprint density at radius 2 is 2.00 bits per heavy atom. The van der Waals surface area contributed by atoms with Gasteiger partial charge in [0.1, 0.15) is 0 Å². The van der Waals surface area contributed by atoms with E-state index in [9.17, 15) is 0 Å². The summed E-state index contributed by atoms with van der Waals surface area (Å²) in [5.41, 5.74) is 2.34. The van der Waals surface area contributed by atoms with Crippen LogP contribution in [0.25, 0.3) is 11.4 Å². The lowest BCUT2D eigenvalue weighted by atomic mass is 10.1. The van der Waals surface area contributed by atoms with Crippen molar-refractivity contribution in [3.05, 3.63) is 42.5 Å². The fourth-order valence-corrected chi connectivity index (χ4v) is 2.17. The van der Waals surface area contributed by atoms with E-state index >= 15 is 0 Å². The second kappa shape index (κ2) is 5.19. The van der Waals surface area contributed by atoms with Crippen molar-refractivity contribution in [3.8, 4) is 11.4 Å². The molecule has 1 aromatic heterocycles. The molecule has 0 aliphatic heterocycles. The molecule has 0 N–H and O–H groups in total. The fraction of sp³-hybridized carbons (Fsp3) is 0.231. The monoisotopic (exact) mass is 245 g/mol. The van der Waals surface area contributed by atoms with Gasteiger partial charge in [-0.3, -0.25) is 0 Å². The molecule has 0 spiro atoms. The minimum absolute atomic E-state index is 0.847. The van der Waals surface area contributed by atoms with Gasteiger partial charge >= 0.3 is 0 Å². The Hall–Kier alpha value is -1.55. The van der Waals surface area contributed by atoms with E-state index in [-0.39, 0.29) is 0 Å². The normalized spacial score (nSPS) is 10.5. The van der Waals surface area contributed by atoms with Crippen molar-refractivity contribution in [3.63, 3.8) is 0 Å². The molecule has 0 atom stereocenters. The average Bonchev–Trinajstić information content (AvgIpc) is 2.69. The maximum absolute atomic E-state index is 4.23. The zero-order valence-corrected chi connectivity index (χ0v) is 10.9. The van der Waals surface area contributed by atoms with E-state index in [1.165, 1.54) is 5.56 Å². The molecule has 0 aliphatic rings. The molecular formula is C13H15N3S. The summed E-state index contributed by atoms with van der Waals surface area (Å²) in [5, 5.41) is 9.32. The zero-order chi connectivity index (χ0) is 12.3. The Morgan fingerprint density at radius 3 is 2.65 bits per heavy atom. The van der Waals surface area contributed by atoms with Crippen molar-refractivity contribution < 1.29 is 0 Å². The van der Waals surface area contributed by atoms with Crippen LogP contribution in [0, 0.1) is 6.92 Å². The smallest absolute Gasteiger partial charge is 0.191 e. The molecule has 0 aliphatic carbocycles. The summed E-state index contributed by atoms with van der Waals surface area (Å²) in [6.45, 7) is 5.78. The first-order chi connectivity index (χ1) is 8.22. The van der Waals surface area contributed by atoms with E-state index in [1.807, 2.05) is 17.7 Å². The Kier molecular flexibility index (Phi) is 3.64. The predicted molar refractivity (Wildman–Crippen MR) is 72.1 cm³/mol. The first-order valence-electron chi connectivity index (χ1n) is 5.42. The highest BCUT2D eigenvalue weighted by Gasteiger charge is 2.09. The SMILES string of the molecule is C=CCSc1nnc(-c2ccc(C)cc2)n1C. The van der Waals surface area contributed by atoms with Crippen LogP contribution >= 0.6 is 11.8 Å². The number of nitrogens with zero attached hydrogens (tertiary/aromatic N) is 3. The van der Waals surface area contributed by atoms with Crippen molar-refractivity contribution in [2.24, 2.45) is 7.05 Å². The van der Waals surface area contributed by atoms with Gasteiger partial charge in [0.05, 0.1) is 0 Å². The molecule has 0 saturated carbocycles. The van der Waals surface area contributed by atoms with Crippen molar-refractivity contribution >= 4 is 11.8 Å². The molecule has 0 fully saturated rings. The van der Waals surface area contributed by atoms with Gasteiger partial charge in [0.2, 0.25) is 0 Å². The summed E-state index contributed by atoms with van der Waals surface area (Å²) in [4.78, 5) is 0.